The smallest absolute Gasteiger partial charge is 0.315 e. The van der Waals surface area contributed by atoms with Crippen molar-refractivity contribution < 1.29 is 14.7 Å². The van der Waals surface area contributed by atoms with E-state index in [1.165, 1.54) is 18.9 Å². The zero-order valence-electron chi connectivity index (χ0n) is 8.95. The molecule has 0 aromatic rings. The number of nitrogens with one attached hydrogen (secondary N) is 1. The molecule has 1 unspecified atom stereocenters. The average molecular weight is 211 g/mol. The van der Waals surface area contributed by atoms with Crippen molar-refractivity contribution in [2.24, 2.45) is 5.92 Å². The van der Waals surface area contributed by atoms with E-state index in [4.69, 9.17) is 5.11 Å². The molecule has 0 heterocycles. The summed E-state index contributed by atoms with van der Waals surface area (Å²) in [4.78, 5) is 21.7. The van der Waals surface area contributed by atoms with Gasteiger partial charge in [-0.3, -0.25) is 9.59 Å². The first-order valence-electron chi connectivity index (χ1n) is 5.29. The number of rotatable bonds is 5. The van der Waals surface area contributed by atoms with Gasteiger partial charge in [0.25, 0.3) is 0 Å². The van der Waals surface area contributed by atoms with Crippen molar-refractivity contribution >= 4 is 11.9 Å². The molecule has 0 bridgehead atoms. The summed E-state index contributed by atoms with van der Waals surface area (Å²) in [5, 5.41) is 11.2. The molecular formula is C11H17NO3. The predicted molar refractivity (Wildman–Crippen MR) is 56.4 cm³/mol. The van der Waals surface area contributed by atoms with Gasteiger partial charge in [-0.15, -0.1) is 0 Å². The maximum atomic E-state index is 11.2. The van der Waals surface area contributed by atoms with E-state index in [1.807, 2.05) is 0 Å². The van der Waals surface area contributed by atoms with Gasteiger partial charge in [-0.2, -0.15) is 0 Å². The monoisotopic (exact) mass is 211 g/mol. The Balaban J connectivity index is 2.19. The molecule has 1 rings (SSSR count). The van der Waals surface area contributed by atoms with Crippen LogP contribution in [-0.4, -0.2) is 23.5 Å². The second-order valence-electron chi connectivity index (χ2n) is 3.86. The van der Waals surface area contributed by atoms with E-state index in [9.17, 15) is 9.59 Å². The molecule has 1 aliphatic rings. The third kappa shape index (κ3) is 3.73. The Morgan fingerprint density at radius 3 is 2.87 bits per heavy atom. The fourth-order valence-electron chi connectivity index (χ4n) is 1.58. The number of hydrogen-bond acceptors (Lipinski definition) is 2. The topological polar surface area (TPSA) is 66.4 Å². The lowest BCUT2D eigenvalue weighted by Gasteiger charge is -2.08. The lowest BCUT2D eigenvalue weighted by molar-refractivity contribution is -0.146. The Labute approximate surface area is 89.4 Å². The molecule has 0 aromatic heterocycles. The van der Waals surface area contributed by atoms with E-state index < -0.39 is 17.8 Å². The van der Waals surface area contributed by atoms with Gasteiger partial charge in [0, 0.05) is 6.54 Å². The van der Waals surface area contributed by atoms with E-state index >= 15 is 0 Å². The molecule has 0 fully saturated rings. The van der Waals surface area contributed by atoms with Crippen LogP contribution in [0.25, 0.3) is 0 Å². The number of aliphatic carboxylic acids is 1. The summed E-state index contributed by atoms with van der Waals surface area (Å²) < 4.78 is 0. The summed E-state index contributed by atoms with van der Waals surface area (Å²) in [6.45, 7) is 1.94. The maximum absolute atomic E-state index is 11.2. The van der Waals surface area contributed by atoms with Crippen molar-refractivity contribution in [1.29, 1.82) is 0 Å². The number of carboxylic acids is 1. The third-order valence-corrected chi connectivity index (χ3v) is 2.64. The summed E-state index contributed by atoms with van der Waals surface area (Å²) >= 11 is 0. The highest BCUT2D eigenvalue weighted by molar-refractivity contribution is 5.96. The molecule has 0 saturated heterocycles. The lowest BCUT2D eigenvalue weighted by Crippen LogP contribution is -2.34. The van der Waals surface area contributed by atoms with Gasteiger partial charge in [0.15, 0.2) is 0 Å². The minimum Gasteiger partial charge on any atom is -0.481 e. The van der Waals surface area contributed by atoms with Crippen molar-refractivity contribution in [3.8, 4) is 0 Å². The minimum absolute atomic E-state index is 0.402. The van der Waals surface area contributed by atoms with Crippen molar-refractivity contribution in [1.82, 2.24) is 5.32 Å². The Morgan fingerprint density at radius 2 is 2.33 bits per heavy atom. The molecule has 4 nitrogen and oxygen atoms in total. The lowest BCUT2D eigenvalue weighted by atomic mass is 10.1. The second kappa shape index (κ2) is 5.53. The summed E-state index contributed by atoms with van der Waals surface area (Å²) in [6, 6.07) is 0. The van der Waals surface area contributed by atoms with Crippen molar-refractivity contribution in [3.05, 3.63) is 11.6 Å². The molecule has 4 heteroatoms. The van der Waals surface area contributed by atoms with E-state index in [1.54, 1.807) is 0 Å². The summed E-state index contributed by atoms with van der Waals surface area (Å²) in [5.41, 5.74) is 1.37. The van der Waals surface area contributed by atoms with E-state index in [2.05, 4.69) is 11.4 Å². The van der Waals surface area contributed by atoms with Gasteiger partial charge < -0.3 is 10.4 Å². The number of amides is 1. The molecular weight excluding hydrogens is 194 g/mol. The van der Waals surface area contributed by atoms with Gasteiger partial charge in [0.1, 0.15) is 5.92 Å². The number of allylic oxidation sites excluding steroid dienone is 1. The molecule has 1 atom stereocenters. The molecule has 84 valence electrons. The minimum atomic E-state index is -1.08. The van der Waals surface area contributed by atoms with Gasteiger partial charge in [-0.1, -0.05) is 11.6 Å². The van der Waals surface area contributed by atoms with Crippen molar-refractivity contribution in [2.75, 3.05) is 6.54 Å². The molecule has 1 aliphatic carbocycles. The summed E-state index contributed by atoms with van der Waals surface area (Å²) in [5.74, 6) is -2.43. The van der Waals surface area contributed by atoms with Crippen LogP contribution in [0.1, 0.15) is 32.6 Å². The number of hydrogen-bond donors (Lipinski definition) is 2. The summed E-state index contributed by atoms with van der Waals surface area (Å²) in [7, 11) is 0. The highest BCUT2D eigenvalue weighted by Gasteiger charge is 2.19. The average Bonchev–Trinajstić information content (AvgIpc) is 2.69. The van der Waals surface area contributed by atoms with E-state index in [0.717, 1.165) is 19.3 Å². The highest BCUT2D eigenvalue weighted by Crippen LogP contribution is 2.19. The van der Waals surface area contributed by atoms with Crippen LogP contribution < -0.4 is 5.32 Å². The van der Waals surface area contributed by atoms with Crippen LogP contribution in [0.2, 0.25) is 0 Å². The largest absolute Gasteiger partial charge is 0.481 e. The molecule has 0 aliphatic heterocycles. The third-order valence-electron chi connectivity index (χ3n) is 2.64. The van der Waals surface area contributed by atoms with Gasteiger partial charge in [-0.05, 0) is 32.6 Å². The Bertz CT molecular complexity index is 284. The standard InChI is InChI=1S/C11H17NO3/c1-8(11(14)15)10(13)12-7-6-9-4-2-3-5-9/h4,8H,2-3,5-7H2,1H3,(H,12,13)(H,14,15). The van der Waals surface area contributed by atoms with Crippen LogP contribution >= 0.6 is 0 Å². The van der Waals surface area contributed by atoms with Crippen LogP contribution in [0.4, 0.5) is 0 Å². The van der Waals surface area contributed by atoms with Gasteiger partial charge in [0.2, 0.25) is 5.91 Å². The number of carbonyl (C=O) groups excluding carboxylic acids is 1. The zero-order valence-corrected chi connectivity index (χ0v) is 8.95. The fourth-order valence-corrected chi connectivity index (χ4v) is 1.58. The Morgan fingerprint density at radius 1 is 1.60 bits per heavy atom. The summed E-state index contributed by atoms with van der Waals surface area (Å²) in [6.07, 6.45) is 6.50. The quantitative estimate of drug-likeness (QED) is 0.532. The van der Waals surface area contributed by atoms with E-state index in [0.29, 0.717) is 6.54 Å². The first-order chi connectivity index (χ1) is 7.11. The predicted octanol–water partition coefficient (Wildman–Crippen LogP) is 1.32. The van der Waals surface area contributed by atoms with Crippen LogP contribution in [0.5, 0.6) is 0 Å². The van der Waals surface area contributed by atoms with Crippen LogP contribution in [0.3, 0.4) is 0 Å². The van der Waals surface area contributed by atoms with E-state index in [-0.39, 0.29) is 0 Å². The normalized spacial score (nSPS) is 17.0. The second-order valence-corrected chi connectivity index (χ2v) is 3.86. The molecule has 15 heavy (non-hydrogen) atoms. The fraction of sp³-hybridized carbons (Fsp3) is 0.636. The van der Waals surface area contributed by atoms with Gasteiger partial charge in [-0.25, -0.2) is 0 Å². The van der Waals surface area contributed by atoms with Crippen LogP contribution in [-0.2, 0) is 9.59 Å². The molecule has 1 amide bonds. The molecule has 0 radical (unpaired) electrons. The number of carbonyl (C=O) groups is 2. The molecule has 2 N–H and O–H groups in total. The van der Waals surface area contributed by atoms with Crippen LogP contribution in [0, 0.1) is 5.92 Å². The van der Waals surface area contributed by atoms with Crippen LogP contribution in [0.15, 0.2) is 11.6 Å². The van der Waals surface area contributed by atoms with Crippen molar-refractivity contribution in [3.63, 3.8) is 0 Å². The molecule has 0 saturated carbocycles. The van der Waals surface area contributed by atoms with Crippen molar-refractivity contribution in [2.45, 2.75) is 32.6 Å². The Hall–Kier alpha value is -1.32. The number of carboxylic acid groups (broad SMARTS) is 1. The first kappa shape index (κ1) is 11.8. The Kier molecular flexibility index (Phi) is 4.34. The highest BCUT2D eigenvalue weighted by atomic mass is 16.4. The molecule has 0 aromatic carbocycles. The maximum Gasteiger partial charge on any atom is 0.315 e. The zero-order chi connectivity index (χ0) is 11.3. The first-order valence-corrected chi connectivity index (χ1v) is 5.29. The van der Waals surface area contributed by atoms with Gasteiger partial charge >= 0.3 is 5.97 Å². The van der Waals surface area contributed by atoms with Gasteiger partial charge in [0.05, 0.1) is 0 Å². The SMILES string of the molecule is CC(C(=O)O)C(=O)NCCC1=CCCC1. The molecule has 0 spiro atoms.